The van der Waals surface area contributed by atoms with Crippen molar-refractivity contribution in [1.82, 2.24) is 0 Å². The number of halogens is 2. The molecule has 1 heterocycles. The molecule has 2 aromatic rings. The second-order valence-electron chi connectivity index (χ2n) is 3.31. The third-order valence-electron chi connectivity index (χ3n) is 2.33. The van der Waals surface area contributed by atoms with Crippen LogP contribution >= 0.6 is 0 Å². The molecule has 0 saturated carbocycles. The van der Waals surface area contributed by atoms with Gasteiger partial charge in [0, 0.05) is 18.1 Å². The highest BCUT2D eigenvalue weighted by Gasteiger charge is 2.14. The highest BCUT2D eigenvalue weighted by molar-refractivity contribution is 5.81. The molecule has 0 spiro atoms. The first-order chi connectivity index (χ1) is 7.24. The van der Waals surface area contributed by atoms with Gasteiger partial charge in [0.1, 0.15) is 5.82 Å². The topological polar surface area (TPSA) is 33.4 Å². The molecule has 0 aliphatic rings. The molecule has 1 aromatic heterocycles. The molecule has 0 aliphatic heterocycles. The van der Waals surface area contributed by atoms with Gasteiger partial charge in [0.2, 0.25) is 0 Å². The van der Waals surface area contributed by atoms with E-state index in [9.17, 15) is 8.78 Å². The molecule has 0 fully saturated rings. The van der Waals surface area contributed by atoms with Crippen LogP contribution < -0.4 is 0 Å². The molecule has 0 radical (unpaired) electrons. The van der Waals surface area contributed by atoms with Gasteiger partial charge in [-0.05, 0) is 24.5 Å². The molecule has 0 aliphatic carbocycles. The van der Waals surface area contributed by atoms with Crippen molar-refractivity contribution in [1.29, 1.82) is 0 Å². The van der Waals surface area contributed by atoms with Crippen LogP contribution in [0.1, 0.15) is 12.0 Å². The van der Waals surface area contributed by atoms with Gasteiger partial charge in [0.25, 0.3) is 0 Å². The molecule has 15 heavy (non-hydrogen) atoms. The normalized spacial score (nSPS) is 11.1. The van der Waals surface area contributed by atoms with Crippen LogP contribution in [0.5, 0.6) is 0 Å². The van der Waals surface area contributed by atoms with Gasteiger partial charge in [-0.15, -0.1) is 0 Å². The van der Waals surface area contributed by atoms with E-state index in [1.54, 1.807) is 0 Å². The van der Waals surface area contributed by atoms with E-state index in [-0.39, 0.29) is 12.2 Å². The molecule has 1 aromatic carbocycles. The third kappa shape index (κ3) is 1.72. The second kappa shape index (κ2) is 3.98. The van der Waals surface area contributed by atoms with E-state index in [0.29, 0.717) is 23.8 Å². The fourth-order valence-corrected chi connectivity index (χ4v) is 1.63. The maximum Gasteiger partial charge on any atom is 0.169 e. The molecule has 0 amide bonds. The van der Waals surface area contributed by atoms with Crippen molar-refractivity contribution in [3.63, 3.8) is 0 Å². The minimum absolute atomic E-state index is 0.0177. The Bertz CT molecular complexity index is 477. The summed E-state index contributed by atoms with van der Waals surface area (Å²) in [6, 6.07) is 2.35. The summed E-state index contributed by atoms with van der Waals surface area (Å²) in [5.74, 6) is -1.28. The number of rotatable bonds is 3. The van der Waals surface area contributed by atoms with Crippen molar-refractivity contribution < 1.29 is 18.3 Å². The van der Waals surface area contributed by atoms with Gasteiger partial charge in [-0.2, -0.15) is 0 Å². The van der Waals surface area contributed by atoms with E-state index in [2.05, 4.69) is 0 Å². The SMILES string of the molecule is OCCCc1c(F)cc(F)c2occc12. The van der Waals surface area contributed by atoms with Gasteiger partial charge in [-0.1, -0.05) is 0 Å². The van der Waals surface area contributed by atoms with Crippen LogP contribution in [-0.2, 0) is 6.42 Å². The molecule has 80 valence electrons. The summed E-state index contributed by atoms with van der Waals surface area (Å²) in [5, 5.41) is 9.12. The molecule has 0 saturated heterocycles. The van der Waals surface area contributed by atoms with E-state index in [0.717, 1.165) is 6.07 Å². The van der Waals surface area contributed by atoms with Crippen LogP contribution in [0.4, 0.5) is 8.78 Å². The molecule has 2 rings (SSSR count). The number of furan rings is 1. The summed E-state index contributed by atoms with van der Waals surface area (Å²) in [6.07, 6.45) is 2.15. The van der Waals surface area contributed by atoms with Crippen molar-refractivity contribution in [3.05, 3.63) is 35.6 Å². The fourth-order valence-electron chi connectivity index (χ4n) is 1.63. The zero-order valence-corrected chi connectivity index (χ0v) is 7.96. The largest absolute Gasteiger partial charge is 0.461 e. The Hall–Kier alpha value is -1.42. The van der Waals surface area contributed by atoms with Gasteiger partial charge in [-0.3, -0.25) is 0 Å². The van der Waals surface area contributed by atoms with Crippen molar-refractivity contribution in [2.24, 2.45) is 0 Å². The molecular weight excluding hydrogens is 202 g/mol. The second-order valence-corrected chi connectivity index (χ2v) is 3.31. The summed E-state index contributed by atoms with van der Waals surface area (Å²) in [4.78, 5) is 0. The van der Waals surface area contributed by atoms with Crippen LogP contribution in [-0.4, -0.2) is 11.7 Å². The van der Waals surface area contributed by atoms with E-state index in [1.165, 1.54) is 12.3 Å². The summed E-state index contributed by atoms with van der Waals surface area (Å²) < 4.78 is 31.5. The number of aliphatic hydroxyl groups excluding tert-OH is 1. The Labute approximate surface area is 85.1 Å². The first-order valence-electron chi connectivity index (χ1n) is 4.69. The standard InChI is InChI=1S/C11H10F2O2/c12-9-6-10(13)11-8(3-5-15-11)7(9)2-1-4-14/h3,5-6,14H,1-2,4H2. The van der Waals surface area contributed by atoms with Gasteiger partial charge < -0.3 is 9.52 Å². The Morgan fingerprint density at radius 3 is 2.80 bits per heavy atom. The summed E-state index contributed by atoms with van der Waals surface area (Å²) in [5.41, 5.74) is 0.471. The average molecular weight is 212 g/mol. The van der Waals surface area contributed by atoms with Gasteiger partial charge in [0.15, 0.2) is 11.4 Å². The Morgan fingerprint density at radius 1 is 1.27 bits per heavy atom. The highest BCUT2D eigenvalue weighted by Crippen LogP contribution is 2.26. The van der Waals surface area contributed by atoms with Crippen molar-refractivity contribution in [2.45, 2.75) is 12.8 Å². The number of hydrogen-bond acceptors (Lipinski definition) is 2. The Kier molecular flexibility index (Phi) is 2.68. The van der Waals surface area contributed by atoms with E-state index < -0.39 is 11.6 Å². The average Bonchev–Trinajstić information content (AvgIpc) is 2.66. The van der Waals surface area contributed by atoms with Gasteiger partial charge in [0.05, 0.1) is 6.26 Å². The molecule has 0 bridgehead atoms. The first kappa shape index (κ1) is 10.1. The van der Waals surface area contributed by atoms with Crippen LogP contribution in [0, 0.1) is 11.6 Å². The minimum atomic E-state index is -0.694. The van der Waals surface area contributed by atoms with E-state index in [1.807, 2.05) is 0 Å². The lowest BCUT2D eigenvalue weighted by Gasteiger charge is -2.03. The van der Waals surface area contributed by atoms with Gasteiger partial charge >= 0.3 is 0 Å². The summed E-state index contributed by atoms with van der Waals surface area (Å²) in [6.45, 7) is -0.0177. The lowest BCUT2D eigenvalue weighted by Crippen LogP contribution is -1.95. The Morgan fingerprint density at radius 2 is 2.07 bits per heavy atom. The third-order valence-corrected chi connectivity index (χ3v) is 2.33. The maximum atomic E-state index is 13.4. The van der Waals surface area contributed by atoms with Crippen LogP contribution in [0.25, 0.3) is 11.0 Å². The lowest BCUT2D eigenvalue weighted by atomic mass is 10.0. The lowest BCUT2D eigenvalue weighted by molar-refractivity contribution is 0.288. The quantitative estimate of drug-likeness (QED) is 0.848. The fraction of sp³-hybridized carbons (Fsp3) is 0.273. The van der Waals surface area contributed by atoms with Crippen molar-refractivity contribution >= 4 is 11.0 Å². The Balaban J connectivity index is 2.55. The van der Waals surface area contributed by atoms with Crippen LogP contribution in [0.2, 0.25) is 0 Å². The predicted octanol–water partition coefficient (Wildman–Crippen LogP) is 2.64. The number of aryl methyl sites for hydroxylation is 1. The zero-order valence-electron chi connectivity index (χ0n) is 7.96. The van der Waals surface area contributed by atoms with Gasteiger partial charge in [-0.25, -0.2) is 8.78 Å². The number of benzene rings is 1. The van der Waals surface area contributed by atoms with E-state index >= 15 is 0 Å². The predicted molar refractivity (Wildman–Crippen MR) is 51.5 cm³/mol. The van der Waals surface area contributed by atoms with Crippen LogP contribution in [0.15, 0.2) is 22.8 Å². The van der Waals surface area contributed by atoms with Crippen LogP contribution in [0.3, 0.4) is 0 Å². The molecule has 0 atom stereocenters. The molecular formula is C11H10F2O2. The highest BCUT2D eigenvalue weighted by atomic mass is 19.1. The number of hydrogen-bond donors (Lipinski definition) is 1. The first-order valence-corrected chi connectivity index (χ1v) is 4.69. The smallest absolute Gasteiger partial charge is 0.169 e. The summed E-state index contributed by atoms with van der Waals surface area (Å²) >= 11 is 0. The monoisotopic (exact) mass is 212 g/mol. The van der Waals surface area contributed by atoms with Crippen molar-refractivity contribution in [3.8, 4) is 0 Å². The molecule has 1 N–H and O–H groups in total. The zero-order chi connectivity index (χ0) is 10.8. The van der Waals surface area contributed by atoms with E-state index in [4.69, 9.17) is 9.52 Å². The maximum absolute atomic E-state index is 13.4. The molecule has 2 nitrogen and oxygen atoms in total. The molecule has 0 unspecified atom stereocenters. The minimum Gasteiger partial charge on any atom is -0.461 e. The number of fused-ring (bicyclic) bond motifs is 1. The summed E-state index contributed by atoms with van der Waals surface area (Å²) in [7, 11) is 0. The van der Waals surface area contributed by atoms with Crippen molar-refractivity contribution in [2.75, 3.05) is 6.61 Å². The molecule has 4 heteroatoms. The number of aliphatic hydroxyl groups is 1.